The van der Waals surface area contributed by atoms with Gasteiger partial charge >= 0.3 is 0 Å². The largest absolute Gasteiger partial charge is 0.390 e. The van der Waals surface area contributed by atoms with E-state index in [0.29, 0.717) is 5.92 Å². The molecule has 0 radical (unpaired) electrons. The van der Waals surface area contributed by atoms with Gasteiger partial charge in [0.25, 0.3) is 0 Å². The van der Waals surface area contributed by atoms with Gasteiger partial charge in [-0.15, -0.1) is 0 Å². The molecule has 3 rings (SSSR count). The number of aliphatic hydroxyl groups excluding tert-OH is 1. The molecule has 0 aromatic carbocycles. The van der Waals surface area contributed by atoms with Gasteiger partial charge < -0.3 is 10.4 Å². The van der Waals surface area contributed by atoms with E-state index in [1.807, 2.05) is 0 Å². The van der Waals surface area contributed by atoms with Gasteiger partial charge in [-0.3, -0.25) is 4.84 Å². The molecule has 2 bridgehead atoms. The molecule has 1 aliphatic heterocycles. The molecule has 0 aromatic heterocycles. The van der Waals surface area contributed by atoms with Crippen molar-refractivity contribution in [2.24, 2.45) is 16.7 Å². The first-order valence-electron chi connectivity index (χ1n) is 8.79. The Morgan fingerprint density at radius 2 is 1.55 bits per heavy atom. The second-order valence-electron chi connectivity index (χ2n) is 9.82. The highest BCUT2D eigenvalue weighted by Crippen LogP contribution is 2.66. The van der Waals surface area contributed by atoms with E-state index < -0.39 is 0 Å². The van der Waals surface area contributed by atoms with Crippen molar-refractivity contribution in [3.8, 4) is 0 Å². The lowest BCUT2D eigenvalue weighted by atomic mass is 9.70. The van der Waals surface area contributed by atoms with Gasteiger partial charge in [-0.25, -0.2) is 0 Å². The first-order valence-corrected chi connectivity index (χ1v) is 8.79. The first kappa shape index (κ1) is 16.7. The van der Waals surface area contributed by atoms with Gasteiger partial charge in [-0.05, 0) is 51.9 Å². The van der Waals surface area contributed by atoms with E-state index >= 15 is 0 Å². The van der Waals surface area contributed by atoms with Gasteiger partial charge in [-0.1, -0.05) is 20.8 Å². The number of rotatable bonds is 2. The van der Waals surface area contributed by atoms with Crippen LogP contribution in [0.25, 0.3) is 0 Å². The predicted octanol–water partition coefficient (Wildman–Crippen LogP) is 2.57. The van der Waals surface area contributed by atoms with Crippen LogP contribution in [-0.2, 0) is 4.84 Å². The predicted molar refractivity (Wildman–Crippen MR) is 88.4 cm³/mol. The lowest BCUT2D eigenvalue weighted by Crippen LogP contribution is -2.68. The van der Waals surface area contributed by atoms with E-state index in [2.05, 4.69) is 58.8 Å². The van der Waals surface area contributed by atoms with Gasteiger partial charge in [0.1, 0.15) is 6.10 Å². The summed E-state index contributed by atoms with van der Waals surface area (Å²) in [4.78, 5) is 6.57. The molecule has 4 atom stereocenters. The topological polar surface area (TPSA) is 44.7 Å². The van der Waals surface area contributed by atoms with Crippen molar-refractivity contribution in [2.45, 2.75) is 84.6 Å². The molecule has 1 saturated heterocycles. The maximum absolute atomic E-state index is 11.0. The summed E-state index contributed by atoms with van der Waals surface area (Å²) in [5.74, 6) is 0.439. The third-order valence-corrected chi connectivity index (χ3v) is 7.18. The van der Waals surface area contributed by atoms with Crippen LogP contribution in [0, 0.1) is 16.7 Å². The lowest BCUT2D eigenvalue weighted by molar-refractivity contribution is -0.320. The Balaban J connectivity index is 1.87. The molecule has 3 aliphatic rings. The standard InChI is InChI=1S/C18H34N2O2/c1-15(2)10-19-11-16(3,4)20(15)22-13-12-8-9-18(7,14(13)21)17(12,5)6/h12-14,19,21H,8-11H2,1-7H3/t12-,13+,14+,18+/m1/s1. The van der Waals surface area contributed by atoms with Crippen molar-refractivity contribution in [1.29, 1.82) is 0 Å². The van der Waals surface area contributed by atoms with E-state index in [-0.39, 0.29) is 34.1 Å². The summed E-state index contributed by atoms with van der Waals surface area (Å²) in [6.45, 7) is 17.5. The molecular formula is C18H34N2O2. The monoisotopic (exact) mass is 310 g/mol. The van der Waals surface area contributed by atoms with Crippen LogP contribution in [0.2, 0.25) is 0 Å². The van der Waals surface area contributed by atoms with Gasteiger partial charge in [0.15, 0.2) is 0 Å². The van der Waals surface area contributed by atoms with Crippen LogP contribution in [0.4, 0.5) is 0 Å². The fourth-order valence-electron chi connectivity index (χ4n) is 5.42. The zero-order valence-electron chi connectivity index (χ0n) is 15.4. The summed E-state index contributed by atoms with van der Waals surface area (Å²) in [5.41, 5.74) is -0.0350. The molecule has 0 amide bonds. The summed E-state index contributed by atoms with van der Waals surface area (Å²) in [5, 5.41) is 16.7. The summed E-state index contributed by atoms with van der Waals surface area (Å²) in [6.07, 6.45) is 1.83. The Morgan fingerprint density at radius 3 is 2.00 bits per heavy atom. The number of piperazine rings is 1. The Kier molecular flexibility index (Phi) is 3.55. The maximum atomic E-state index is 11.0. The molecule has 4 heteroatoms. The minimum Gasteiger partial charge on any atom is -0.390 e. The molecule has 3 fully saturated rings. The number of nitrogens with zero attached hydrogens (tertiary/aromatic N) is 1. The average molecular weight is 310 g/mol. The van der Waals surface area contributed by atoms with E-state index in [0.717, 1.165) is 25.9 Å². The Labute approximate surface area is 135 Å². The normalized spacial score (nSPS) is 46.1. The summed E-state index contributed by atoms with van der Waals surface area (Å²) >= 11 is 0. The Hall–Kier alpha value is -0.160. The van der Waals surface area contributed by atoms with Crippen LogP contribution in [0.15, 0.2) is 0 Å². The molecule has 1 heterocycles. The molecule has 2 aliphatic carbocycles. The number of aliphatic hydroxyl groups is 1. The fraction of sp³-hybridized carbons (Fsp3) is 1.00. The van der Waals surface area contributed by atoms with Crippen molar-refractivity contribution < 1.29 is 9.94 Å². The molecule has 22 heavy (non-hydrogen) atoms. The highest BCUT2D eigenvalue weighted by atomic mass is 16.7. The molecule has 2 N–H and O–H groups in total. The molecular weight excluding hydrogens is 276 g/mol. The van der Waals surface area contributed by atoms with Gasteiger partial charge in [0.2, 0.25) is 0 Å². The fourth-order valence-corrected chi connectivity index (χ4v) is 5.42. The van der Waals surface area contributed by atoms with Crippen molar-refractivity contribution in [3.05, 3.63) is 0 Å². The average Bonchev–Trinajstić information content (AvgIpc) is 2.67. The lowest BCUT2D eigenvalue weighted by Gasteiger charge is -2.53. The van der Waals surface area contributed by atoms with Crippen LogP contribution < -0.4 is 5.32 Å². The van der Waals surface area contributed by atoms with E-state index in [1.165, 1.54) is 0 Å². The quantitative estimate of drug-likeness (QED) is 0.823. The molecule has 4 nitrogen and oxygen atoms in total. The summed E-state index contributed by atoms with van der Waals surface area (Å²) in [7, 11) is 0. The highest BCUT2D eigenvalue weighted by Gasteiger charge is 2.67. The Bertz CT molecular complexity index is 444. The number of hydrogen-bond donors (Lipinski definition) is 2. The maximum Gasteiger partial charge on any atom is 0.109 e. The second kappa shape index (κ2) is 4.69. The minimum absolute atomic E-state index is 0.0232. The van der Waals surface area contributed by atoms with Gasteiger partial charge in [-0.2, -0.15) is 5.06 Å². The van der Waals surface area contributed by atoms with E-state index in [9.17, 15) is 5.11 Å². The highest BCUT2D eigenvalue weighted by molar-refractivity contribution is 5.15. The summed E-state index contributed by atoms with van der Waals surface area (Å²) < 4.78 is 0. The van der Waals surface area contributed by atoms with Crippen molar-refractivity contribution in [2.75, 3.05) is 13.1 Å². The Morgan fingerprint density at radius 1 is 1.00 bits per heavy atom. The van der Waals surface area contributed by atoms with Crippen LogP contribution in [0.3, 0.4) is 0 Å². The third-order valence-electron chi connectivity index (χ3n) is 7.18. The zero-order chi connectivity index (χ0) is 16.6. The smallest absolute Gasteiger partial charge is 0.109 e. The number of nitrogens with one attached hydrogen (secondary N) is 1. The van der Waals surface area contributed by atoms with Crippen LogP contribution >= 0.6 is 0 Å². The SMILES string of the molecule is CC1(C)CNCC(C)(C)N1O[C@H]1[C@H]2CC[C@@](C)([C@H]1O)C2(C)C. The summed E-state index contributed by atoms with van der Waals surface area (Å²) in [6, 6.07) is 0. The van der Waals surface area contributed by atoms with E-state index in [1.54, 1.807) is 0 Å². The van der Waals surface area contributed by atoms with Crippen molar-refractivity contribution in [3.63, 3.8) is 0 Å². The minimum atomic E-state index is -0.372. The molecule has 0 spiro atoms. The van der Waals surface area contributed by atoms with Crippen LogP contribution in [0.5, 0.6) is 0 Å². The van der Waals surface area contributed by atoms with Crippen molar-refractivity contribution in [1.82, 2.24) is 10.4 Å². The molecule has 0 aromatic rings. The second-order valence-corrected chi connectivity index (χ2v) is 9.82. The molecule has 0 unspecified atom stereocenters. The number of hydrogen-bond acceptors (Lipinski definition) is 4. The first-order chi connectivity index (χ1) is 9.93. The molecule has 128 valence electrons. The van der Waals surface area contributed by atoms with Crippen LogP contribution in [0.1, 0.15) is 61.3 Å². The third kappa shape index (κ3) is 2.03. The van der Waals surface area contributed by atoms with Gasteiger partial charge in [0, 0.05) is 18.5 Å². The number of hydroxylamine groups is 2. The number of fused-ring (bicyclic) bond motifs is 2. The van der Waals surface area contributed by atoms with E-state index in [4.69, 9.17) is 4.84 Å². The van der Waals surface area contributed by atoms with Gasteiger partial charge in [0.05, 0.1) is 17.2 Å². The van der Waals surface area contributed by atoms with Crippen LogP contribution in [-0.4, -0.2) is 46.5 Å². The van der Waals surface area contributed by atoms with Crippen molar-refractivity contribution >= 4 is 0 Å². The zero-order valence-corrected chi connectivity index (χ0v) is 15.4. The molecule has 2 saturated carbocycles.